The quantitative estimate of drug-likeness (QED) is 0.837. The van der Waals surface area contributed by atoms with Crippen LogP contribution in [0.1, 0.15) is 41.8 Å². The molecule has 0 bridgehead atoms. The standard InChI is InChI=1S/C15H15N3O2/c19-14-7-11(15-16-9-20-17-15)8-18(14)13-6-5-10-3-1-2-4-12(10)13/h1-4,9,11,13H,5-8H2. The molecule has 5 heteroatoms. The van der Waals surface area contributed by atoms with Gasteiger partial charge in [-0.25, -0.2) is 0 Å². The van der Waals surface area contributed by atoms with E-state index in [1.54, 1.807) is 0 Å². The largest absolute Gasteiger partial charge is 0.343 e. The Morgan fingerprint density at radius 1 is 1.30 bits per heavy atom. The second-order valence-corrected chi connectivity index (χ2v) is 5.49. The van der Waals surface area contributed by atoms with Crippen molar-refractivity contribution in [3.8, 4) is 0 Å². The fourth-order valence-corrected chi connectivity index (χ4v) is 3.42. The predicted molar refractivity (Wildman–Crippen MR) is 70.9 cm³/mol. The minimum atomic E-state index is 0.0639. The van der Waals surface area contributed by atoms with Gasteiger partial charge in [0, 0.05) is 18.9 Å². The smallest absolute Gasteiger partial charge is 0.223 e. The molecule has 20 heavy (non-hydrogen) atoms. The van der Waals surface area contributed by atoms with E-state index in [2.05, 4.69) is 28.3 Å². The highest BCUT2D eigenvalue weighted by Crippen LogP contribution is 2.40. The highest BCUT2D eigenvalue weighted by atomic mass is 16.5. The number of benzene rings is 1. The maximum absolute atomic E-state index is 12.3. The highest BCUT2D eigenvalue weighted by molar-refractivity contribution is 5.80. The summed E-state index contributed by atoms with van der Waals surface area (Å²) in [6.45, 7) is 0.692. The van der Waals surface area contributed by atoms with Crippen molar-refractivity contribution in [2.45, 2.75) is 31.2 Å². The molecule has 2 aliphatic rings. The van der Waals surface area contributed by atoms with Crippen LogP contribution in [0.2, 0.25) is 0 Å². The van der Waals surface area contributed by atoms with Crippen LogP contribution in [-0.4, -0.2) is 27.5 Å². The minimum Gasteiger partial charge on any atom is -0.343 e. The molecule has 2 atom stereocenters. The monoisotopic (exact) mass is 269 g/mol. The highest BCUT2D eigenvalue weighted by Gasteiger charge is 2.39. The van der Waals surface area contributed by atoms with Gasteiger partial charge in [0.1, 0.15) is 0 Å². The average molecular weight is 269 g/mol. The van der Waals surface area contributed by atoms with E-state index in [-0.39, 0.29) is 17.9 Å². The van der Waals surface area contributed by atoms with Crippen LogP contribution in [0.15, 0.2) is 35.2 Å². The van der Waals surface area contributed by atoms with E-state index in [4.69, 9.17) is 4.52 Å². The Labute approximate surface area is 116 Å². The van der Waals surface area contributed by atoms with Crippen LogP contribution in [-0.2, 0) is 11.2 Å². The number of rotatable bonds is 2. The number of hydrogen-bond donors (Lipinski definition) is 0. The average Bonchev–Trinajstić information content (AvgIpc) is 3.16. The zero-order valence-electron chi connectivity index (χ0n) is 11.0. The third-order valence-corrected chi connectivity index (χ3v) is 4.38. The number of carbonyl (C=O) groups is 1. The second-order valence-electron chi connectivity index (χ2n) is 5.49. The van der Waals surface area contributed by atoms with Gasteiger partial charge in [-0.05, 0) is 24.0 Å². The maximum Gasteiger partial charge on any atom is 0.223 e. The fraction of sp³-hybridized carbons (Fsp3) is 0.400. The molecule has 0 radical (unpaired) electrons. The fourth-order valence-electron chi connectivity index (χ4n) is 3.42. The first-order valence-electron chi connectivity index (χ1n) is 6.96. The summed E-state index contributed by atoms with van der Waals surface area (Å²) in [4.78, 5) is 18.4. The third kappa shape index (κ3) is 1.73. The van der Waals surface area contributed by atoms with Crippen molar-refractivity contribution in [1.29, 1.82) is 0 Å². The molecule has 1 aromatic carbocycles. The van der Waals surface area contributed by atoms with Gasteiger partial charge in [0.2, 0.25) is 12.3 Å². The normalized spacial score (nSPS) is 25.2. The zero-order valence-corrected chi connectivity index (χ0v) is 11.0. The number of aryl methyl sites for hydroxylation is 1. The van der Waals surface area contributed by atoms with Crippen LogP contribution in [0.3, 0.4) is 0 Å². The molecule has 1 aromatic heterocycles. The molecule has 2 aromatic rings. The van der Waals surface area contributed by atoms with Crippen molar-refractivity contribution in [1.82, 2.24) is 15.0 Å². The summed E-state index contributed by atoms with van der Waals surface area (Å²) < 4.78 is 4.79. The van der Waals surface area contributed by atoms with Gasteiger partial charge in [0.25, 0.3) is 0 Å². The molecule has 1 fully saturated rings. The molecule has 102 valence electrons. The topological polar surface area (TPSA) is 59.2 Å². The van der Waals surface area contributed by atoms with Crippen molar-refractivity contribution in [3.63, 3.8) is 0 Å². The van der Waals surface area contributed by atoms with Crippen molar-refractivity contribution in [2.75, 3.05) is 6.54 Å². The lowest BCUT2D eigenvalue weighted by atomic mass is 10.1. The van der Waals surface area contributed by atoms with Crippen molar-refractivity contribution in [3.05, 3.63) is 47.6 Å². The first kappa shape index (κ1) is 11.6. The number of hydrogen-bond acceptors (Lipinski definition) is 4. The first-order chi connectivity index (χ1) is 9.83. The van der Waals surface area contributed by atoms with Crippen LogP contribution < -0.4 is 0 Å². The van der Waals surface area contributed by atoms with Crippen LogP contribution in [0.25, 0.3) is 0 Å². The molecule has 2 unspecified atom stereocenters. The Hall–Kier alpha value is -2.17. The molecular weight excluding hydrogens is 254 g/mol. The molecule has 0 N–H and O–H groups in total. The molecule has 4 rings (SSSR count). The Balaban J connectivity index is 1.60. The molecule has 0 spiro atoms. The molecular formula is C15H15N3O2. The molecule has 0 saturated carbocycles. The number of carbonyl (C=O) groups excluding carboxylic acids is 1. The summed E-state index contributed by atoms with van der Waals surface area (Å²) in [7, 11) is 0. The lowest BCUT2D eigenvalue weighted by Crippen LogP contribution is -2.28. The van der Waals surface area contributed by atoms with E-state index in [9.17, 15) is 4.79 Å². The number of aromatic nitrogens is 2. The molecule has 5 nitrogen and oxygen atoms in total. The van der Waals surface area contributed by atoms with Gasteiger partial charge in [-0.15, -0.1) is 0 Å². The molecule has 2 heterocycles. The molecule has 1 aliphatic heterocycles. The lowest BCUT2D eigenvalue weighted by Gasteiger charge is -2.25. The third-order valence-electron chi connectivity index (χ3n) is 4.38. The summed E-state index contributed by atoms with van der Waals surface area (Å²) in [5.74, 6) is 0.905. The molecule has 1 saturated heterocycles. The van der Waals surface area contributed by atoms with Gasteiger partial charge in [0.15, 0.2) is 5.82 Å². The van der Waals surface area contributed by atoms with E-state index in [0.29, 0.717) is 18.8 Å². The van der Waals surface area contributed by atoms with Crippen molar-refractivity contribution < 1.29 is 9.32 Å². The number of likely N-dealkylation sites (tertiary alicyclic amines) is 1. The summed E-state index contributed by atoms with van der Waals surface area (Å²) >= 11 is 0. The molecule has 1 aliphatic carbocycles. The zero-order chi connectivity index (χ0) is 13.5. The summed E-state index contributed by atoms with van der Waals surface area (Å²) in [5, 5.41) is 3.87. The van der Waals surface area contributed by atoms with Crippen molar-refractivity contribution in [2.24, 2.45) is 0 Å². The van der Waals surface area contributed by atoms with Gasteiger partial charge >= 0.3 is 0 Å². The van der Waals surface area contributed by atoms with E-state index in [1.807, 2.05) is 11.0 Å². The Kier molecular flexibility index (Phi) is 2.58. The lowest BCUT2D eigenvalue weighted by molar-refractivity contribution is -0.129. The maximum atomic E-state index is 12.3. The number of fused-ring (bicyclic) bond motifs is 1. The second kappa shape index (κ2) is 4.44. The summed E-state index contributed by atoms with van der Waals surface area (Å²) in [6, 6.07) is 8.63. The summed E-state index contributed by atoms with van der Waals surface area (Å²) in [6.07, 6.45) is 3.88. The predicted octanol–water partition coefficient (Wildman–Crippen LogP) is 2.07. The van der Waals surface area contributed by atoms with Gasteiger partial charge in [-0.3, -0.25) is 4.79 Å². The summed E-state index contributed by atoms with van der Waals surface area (Å²) in [5.41, 5.74) is 2.67. The first-order valence-corrected chi connectivity index (χ1v) is 6.96. The van der Waals surface area contributed by atoms with Gasteiger partial charge in [0.05, 0.1) is 6.04 Å². The minimum absolute atomic E-state index is 0.0639. The van der Waals surface area contributed by atoms with Crippen LogP contribution in [0.5, 0.6) is 0 Å². The van der Waals surface area contributed by atoms with Crippen LogP contribution in [0.4, 0.5) is 0 Å². The van der Waals surface area contributed by atoms with Crippen LogP contribution >= 0.6 is 0 Å². The van der Waals surface area contributed by atoms with Crippen LogP contribution in [0, 0.1) is 0 Å². The molecule has 1 amide bonds. The Morgan fingerprint density at radius 2 is 2.20 bits per heavy atom. The van der Waals surface area contributed by atoms with Gasteiger partial charge in [-0.1, -0.05) is 29.4 Å². The van der Waals surface area contributed by atoms with Crippen molar-refractivity contribution >= 4 is 5.91 Å². The van der Waals surface area contributed by atoms with E-state index in [0.717, 1.165) is 12.8 Å². The van der Waals surface area contributed by atoms with Gasteiger partial charge in [-0.2, -0.15) is 4.98 Å². The van der Waals surface area contributed by atoms with E-state index in [1.165, 1.54) is 17.5 Å². The number of nitrogens with zero attached hydrogens (tertiary/aromatic N) is 3. The Morgan fingerprint density at radius 3 is 3.05 bits per heavy atom. The van der Waals surface area contributed by atoms with E-state index >= 15 is 0 Å². The van der Waals surface area contributed by atoms with E-state index < -0.39 is 0 Å². The van der Waals surface area contributed by atoms with Gasteiger partial charge < -0.3 is 9.42 Å². The Bertz CT molecular complexity index is 638. The SMILES string of the molecule is O=C1CC(c2ncon2)CN1C1CCc2ccccc21. The number of amides is 1.